The van der Waals surface area contributed by atoms with E-state index in [0.717, 1.165) is 72.4 Å². The molecule has 4 heteroatoms. The number of fused-ring (bicyclic) bond motifs is 12. The highest BCUT2D eigenvalue weighted by Gasteiger charge is 2.51. The Kier molecular flexibility index (Phi) is 8.09. The summed E-state index contributed by atoms with van der Waals surface area (Å²) in [5, 5.41) is 3.33. The van der Waals surface area contributed by atoms with Gasteiger partial charge in [0.1, 0.15) is 0 Å². The number of pyridine rings is 1. The van der Waals surface area contributed by atoms with Gasteiger partial charge in [-0.05, 0) is 81.2 Å². The maximum atomic E-state index is 5.64. The molecule has 9 aromatic carbocycles. The van der Waals surface area contributed by atoms with Crippen LogP contribution in [0.3, 0.4) is 0 Å². The molecule has 0 saturated carbocycles. The monoisotopic (exact) mass is 814 g/mol. The van der Waals surface area contributed by atoms with Crippen LogP contribution in [0.2, 0.25) is 0 Å². The molecule has 13 rings (SSSR count). The molecule has 0 bridgehead atoms. The van der Waals surface area contributed by atoms with Gasteiger partial charge in [0.2, 0.25) is 0 Å². The van der Waals surface area contributed by atoms with Gasteiger partial charge in [0.05, 0.1) is 39.4 Å². The van der Waals surface area contributed by atoms with Gasteiger partial charge < -0.3 is 4.90 Å². The summed E-state index contributed by atoms with van der Waals surface area (Å²) in [6.07, 6.45) is 0. The van der Waals surface area contributed by atoms with Gasteiger partial charge in [0, 0.05) is 38.7 Å². The number of para-hydroxylation sites is 2. The van der Waals surface area contributed by atoms with E-state index in [1.54, 1.807) is 0 Å². The van der Waals surface area contributed by atoms with Gasteiger partial charge in [-0.3, -0.25) is 0 Å². The first-order valence-corrected chi connectivity index (χ1v) is 21.9. The Morgan fingerprint density at radius 1 is 0.328 bits per heavy atom. The standard InChI is InChI=1S/C60H38N4/c1-5-19-39(20-6-1)53-38-54(63-59(62-53)41-23-9-3-10-24-41)42-33-34-46-47-37-57-52(36-48(47)58(61-55(46)35-42)40-21-7-2-8-22-40)60(49-29-15-13-27-44(49)45-28-14-16-30-50(45)60)51-31-17-18-32-56(51)64(57)43-25-11-4-12-26-43/h1-38H. The van der Waals surface area contributed by atoms with Crippen molar-refractivity contribution in [3.63, 3.8) is 0 Å². The number of nitrogens with zero attached hydrogens (tertiary/aromatic N) is 4. The number of hydrogen-bond acceptors (Lipinski definition) is 4. The second kappa shape index (κ2) is 14.3. The summed E-state index contributed by atoms with van der Waals surface area (Å²) in [5.74, 6) is 0.686. The second-order valence-electron chi connectivity index (χ2n) is 16.7. The zero-order valence-electron chi connectivity index (χ0n) is 34.7. The molecule has 0 fully saturated rings. The number of benzene rings is 9. The Labute approximate surface area is 371 Å². The maximum Gasteiger partial charge on any atom is 0.160 e. The zero-order chi connectivity index (χ0) is 42.2. The predicted molar refractivity (Wildman–Crippen MR) is 262 cm³/mol. The molecule has 3 heterocycles. The third-order valence-corrected chi connectivity index (χ3v) is 13.2. The van der Waals surface area contributed by atoms with Crippen molar-refractivity contribution >= 4 is 38.7 Å². The van der Waals surface area contributed by atoms with Crippen molar-refractivity contribution in [2.45, 2.75) is 5.41 Å². The molecule has 0 amide bonds. The fourth-order valence-electron chi connectivity index (χ4n) is 10.5. The molecule has 1 aliphatic heterocycles. The topological polar surface area (TPSA) is 41.9 Å². The van der Waals surface area contributed by atoms with Crippen molar-refractivity contribution in [1.82, 2.24) is 15.0 Å². The van der Waals surface area contributed by atoms with E-state index in [9.17, 15) is 0 Å². The molecule has 0 unspecified atom stereocenters. The average molecular weight is 815 g/mol. The van der Waals surface area contributed by atoms with Gasteiger partial charge in [-0.1, -0.05) is 188 Å². The van der Waals surface area contributed by atoms with Crippen LogP contribution in [0.25, 0.3) is 78.0 Å². The number of anilines is 3. The van der Waals surface area contributed by atoms with Crippen LogP contribution < -0.4 is 4.90 Å². The van der Waals surface area contributed by atoms with Crippen molar-refractivity contribution in [3.8, 4) is 56.3 Å². The van der Waals surface area contributed by atoms with E-state index in [-0.39, 0.29) is 0 Å². The van der Waals surface area contributed by atoms with Crippen LogP contribution in [-0.4, -0.2) is 15.0 Å². The van der Waals surface area contributed by atoms with Crippen LogP contribution in [0.4, 0.5) is 17.1 Å². The van der Waals surface area contributed by atoms with Crippen molar-refractivity contribution in [2.75, 3.05) is 4.90 Å². The molecule has 11 aromatic rings. The van der Waals surface area contributed by atoms with Crippen molar-refractivity contribution in [1.29, 1.82) is 0 Å². The van der Waals surface area contributed by atoms with E-state index in [2.05, 4.69) is 211 Å². The molecule has 0 atom stereocenters. The molecule has 1 aliphatic carbocycles. The Hall–Kier alpha value is -8.47. The van der Waals surface area contributed by atoms with E-state index in [1.165, 1.54) is 39.1 Å². The molecule has 298 valence electrons. The highest BCUT2D eigenvalue weighted by atomic mass is 15.2. The van der Waals surface area contributed by atoms with Gasteiger partial charge >= 0.3 is 0 Å². The summed E-state index contributed by atoms with van der Waals surface area (Å²) in [7, 11) is 0. The summed E-state index contributed by atoms with van der Waals surface area (Å²) in [6.45, 7) is 0. The Bertz CT molecular complexity index is 3500. The van der Waals surface area contributed by atoms with E-state index in [4.69, 9.17) is 15.0 Å². The summed E-state index contributed by atoms with van der Waals surface area (Å²) >= 11 is 0. The largest absolute Gasteiger partial charge is 0.310 e. The molecule has 0 N–H and O–H groups in total. The Morgan fingerprint density at radius 2 is 0.875 bits per heavy atom. The summed E-state index contributed by atoms with van der Waals surface area (Å²) in [5.41, 5.74) is 18.1. The van der Waals surface area contributed by atoms with Gasteiger partial charge in [-0.2, -0.15) is 0 Å². The predicted octanol–water partition coefficient (Wildman–Crippen LogP) is 15.0. The van der Waals surface area contributed by atoms with Crippen molar-refractivity contribution in [2.24, 2.45) is 0 Å². The molecule has 4 nitrogen and oxygen atoms in total. The number of rotatable bonds is 5. The smallest absolute Gasteiger partial charge is 0.160 e. The minimum Gasteiger partial charge on any atom is -0.310 e. The highest BCUT2D eigenvalue weighted by molar-refractivity contribution is 6.14. The first kappa shape index (κ1) is 36.2. The van der Waals surface area contributed by atoms with Crippen LogP contribution in [0.15, 0.2) is 231 Å². The molecular weight excluding hydrogens is 777 g/mol. The van der Waals surface area contributed by atoms with E-state index in [1.807, 2.05) is 24.3 Å². The lowest BCUT2D eigenvalue weighted by atomic mass is 9.64. The van der Waals surface area contributed by atoms with Crippen molar-refractivity contribution < 1.29 is 0 Å². The Morgan fingerprint density at radius 3 is 1.55 bits per heavy atom. The summed E-state index contributed by atoms with van der Waals surface area (Å²) in [6, 6.07) is 82.7. The fourth-order valence-corrected chi connectivity index (χ4v) is 10.5. The minimum atomic E-state index is -0.578. The summed E-state index contributed by atoms with van der Waals surface area (Å²) < 4.78 is 0. The van der Waals surface area contributed by atoms with E-state index < -0.39 is 5.41 Å². The molecule has 64 heavy (non-hydrogen) atoms. The van der Waals surface area contributed by atoms with Crippen LogP contribution in [0.5, 0.6) is 0 Å². The third-order valence-electron chi connectivity index (χ3n) is 13.2. The fraction of sp³-hybridized carbons (Fsp3) is 0.0167. The first-order valence-electron chi connectivity index (χ1n) is 21.9. The van der Waals surface area contributed by atoms with Gasteiger partial charge in [-0.15, -0.1) is 0 Å². The minimum absolute atomic E-state index is 0.578. The zero-order valence-corrected chi connectivity index (χ0v) is 34.7. The van der Waals surface area contributed by atoms with Crippen molar-refractivity contribution in [3.05, 3.63) is 253 Å². The van der Waals surface area contributed by atoms with Gasteiger partial charge in [0.25, 0.3) is 0 Å². The summed E-state index contributed by atoms with van der Waals surface area (Å²) in [4.78, 5) is 18.4. The third kappa shape index (κ3) is 5.39. The molecule has 0 radical (unpaired) electrons. The lowest BCUT2D eigenvalue weighted by molar-refractivity contribution is 0.754. The van der Waals surface area contributed by atoms with Gasteiger partial charge in [0.15, 0.2) is 5.82 Å². The Balaban J connectivity index is 1.12. The lowest BCUT2D eigenvalue weighted by Crippen LogP contribution is -2.36. The molecule has 2 aliphatic rings. The second-order valence-corrected chi connectivity index (χ2v) is 16.7. The van der Waals surface area contributed by atoms with Gasteiger partial charge in [-0.25, -0.2) is 15.0 Å². The number of hydrogen-bond donors (Lipinski definition) is 0. The molecule has 2 aromatic heterocycles. The number of aromatic nitrogens is 3. The first-order chi connectivity index (χ1) is 31.7. The molecular formula is C60H38N4. The maximum absolute atomic E-state index is 5.64. The molecule has 1 spiro atoms. The van der Waals surface area contributed by atoms with E-state index in [0.29, 0.717) is 5.82 Å². The molecule has 0 saturated heterocycles. The van der Waals surface area contributed by atoms with Crippen LogP contribution in [0.1, 0.15) is 22.3 Å². The normalized spacial score (nSPS) is 13.1. The lowest BCUT2D eigenvalue weighted by Gasteiger charge is -2.45. The SMILES string of the molecule is c1ccc(-c2cc(-c3ccc4c(c3)nc(-c3ccccc3)c3cc5c(cc34)N(c3ccccc3)c3ccccc3C53c4ccccc4-c4ccccc43)nc(-c3ccccc3)n2)cc1. The van der Waals surface area contributed by atoms with Crippen LogP contribution in [-0.2, 0) is 5.41 Å². The van der Waals surface area contributed by atoms with E-state index >= 15 is 0 Å². The average Bonchev–Trinajstić information content (AvgIpc) is 3.67. The highest BCUT2D eigenvalue weighted by Crippen LogP contribution is 2.64. The van der Waals surface area contributed by atoms with Crippen LogP contribution >= 0.6 is 0 Å². The quantitative estimate of drug-likeness (QED) is 0.162. The van der Waals surface area contributed by atoms with Crippen LogP contribution in [0, 0.1) is 0 Å².